The maximum Gasteiger partial charge on any atom is 0.271 e. The van der Waals surface area contributed by atoms with Crippen molar-refractivity contribution in [1.82, 2.24) is 14.7 Å². The lowest BCUT2D eigenvalue weighted by Crippen LogP contribution is -2.48. The second-order valence-corrected chi connectivity index (χ2v) is 6.15. The summed E-state index contributed by atoms with van der Waals surface area (Å²) in [4.78, 5) is 14.7. The molecule has 2 aromatic rings. The number of rotatable bonds is 2. The first-order valence-corrected chi connectivity index (χ1v) is 7.53. The number of aromatic nitrogens is 2. The van der Waals surface area contributed by atoms with Crippen LogP contribution in [0.15, 0.2) is 35.3 Å². The smallest absolute Gasteiger partial charge is 0.271 e. The summed E-state index contributed by atoms with van der Waals surface area (Å²) in [7, 11) is 0. The van der Waals surface area contributed by atoms with Crippen LogP contribution in [0.3, 0.4) is 0 Å². The molecular formula is C16H19N3O2. The van der Waals surface area contributed by atoms with E-state index in [1.807, 2.05) is 16.9 Å². The van der Waals surface area contributed by atoms with E-state index in [1.165, 1.54) is 25.9 Å². The van der Waals surface area contributed by atoms with E-state index in [1.54, 1.807) is 18.2 Å². The molecule has 110 valence electrons. The van der Waals surface area contributed by atoms with Crippen molar-refractivity contribution in [3.8, 4) is 16.9 Å². The van der Waals surface area contributed by atoms with E-state index in [-0.39, 0.29) is 11.3 Å². The second kappa shape index (κ2) is 4.77. The van der Waals surface area contributed by atoms with Gasteiger partial charge in [-0.1, -0.05) is 12.1 Å². The van der Waals surface area contributed by atoms with E-state index in [4.69, 9.17) is 0 Å². The van der Waals surface area contributed by atoms with Crippen LogP contribution in [-0.2, 0) is 0 Å². The predicted octanol–water partition coefficient (Wildman–Crippen LogP) is 1.82. The highest BCUT2D eigenvalue weighted by molar-refractivity contribution is 5.63. The highest BCUT2D eigenvalue weighted by Crippen LogP contribution is 2.35. The summed E-state index contributed by atoms with van der Waals surface area (Å²) in [5.74, 6) is 0.845. The van der Waals surface area contributed by atoms with Crippen LogP contribution in [0.25, 0.3) is 11.1 Å². The SMILES string of the molecule is O=c1[nH]n(C2CN3CCC2CC3)cc1-c1cccc(O)c1. The van der Waals surface area contributed by atoms with Gasteiger partial charge in [0, 0.05) is 12.7 Å². The van der Waals surface area contributed by atoms with Crippen molar-refractivity contribution in [2.24, 2.45) is 5.92 Å². The molecule has 3 fully saturated rings. The Labute approximate surface area is 122 Å². The molecule has 5 rings (SSSR count). The van der Waals surface area contributed by atoms with Crippen LogP contribution in [0.4, 0.5) is 0 Å². The normalized spacial score (nSPS) is 27.9. The number of H-pyrrole nitrogens is 1. The fourth-order valence-corrected chi connectivity index (χ4v) is 3.71. The van der Waals surface area contributed by atoms with Crippen molar-refractivity contribution in [3.63, 3.8) is 0 Å². The van der Waals surface area contributed by atoms with Gasteiger partial charge in [0.25, 0.3) is 5.56 Å². The molecule has 2 bridgehead atoms. The summed E-state index contributed by atoms with van der Waals surface area (Å²) < 4.78 is 1.98. The number of hydrogen-bond acceptors (Lipinski definition) is 3. The van der Waals surface area contributed by atoms with Gasteiger partial charge in [-0.25, -0.2) is 0 Å². The van der Waals surface area contributed by atoms with Gasteiger partial charge in [0.1, 0.15) is 5.75 Å². The van der Waals surface area contributed by atoms with E-state index in [2.05, 4.69) is 10.00 Å². The summed E-state index contributed by atoms with van der Waals surface area (Å²) in [6, 6.07) is 7.22. The van der Waals surface area contributed by atoms with Crippen molar-refractivity contribution in [1.29, 1.82) is 0 Å². The van der Waals surface area contributed by atoms with Crippen molar-refractivity contribution in [2.45, 2.75) is 18.9 Å². The van der Waals surface area contributed by atoms with Crippen molar-refractivity contribution in [3.05, 3.63) is 40.8 Å². The van der Waals surface area contributed by atoms with E-state index in [0.717, 1.165) is 12.1 Å². The highest BCUT2D eigenvalue weighted by Gasteiger charge is 2.35. The average molecular weight is 285 g/mol. The zero-order valence-corrected chi connectivity index (χ0v) is 11.8. The molecule has 0 radical (unpaired) electrons. The minimum Gasteiger partial charge on any atom is -0.508 e. The number of phenols is 1. The average Bonchev–Trinajstić information content (AvgIpc) is 2.90. The van der Waals surface area contributed by atoms with Crippen molar-refractivity contribution in [2.75, 3.05) is 19.6 Å². The van der Waals surface area contributed by atoms with Gasteiger partial charge in [-0.15, -0.1) is 0 Å². The molecular weight excluding hydrogens is 266 g/mol. The molecule has 1 unspecified atom stereocenters. The molecule has 1 aromatic carbocycles. The third kappa shape index (κ3) is 2.17. The van der Waals surface area contributed by atoms with Crippen LogP contribution in [0.2, 0.25) is 0 Å². The van der Waals surface area contributed by atoms with Gasteiger partial charge >= 0.3 is 0 Å². The summed E-state index contributed by atoms with van der Waals surface area (Å²) >= 11 is 0. The molecule has 4 heterocycles. The van der Waals surface area contributed by atoms with Crippen molar-refractivity contribution < 1.29 is 5.11 Å². The molecule has 5 heteroatoms. The molecule has 3 aliphatic rings. The molecule has 3 saturated heterocycles. The molecule has 21 heavy (non-hydrogen) atoms. The van der Waals surface area contributed by atoms with E-state index < -0.39 is 0 Å². The third-order valence-corrected chi connectivity index (χ3v) is 4.88. The molecule has 0 spiro atoms. The summed E-state index contributed by atoms with van der Waals surface area (Å²) in [5, 5.41) is 12.6. The summed E-state index contributed by atoms with van der Waals surface area (Å²) in [6.45, 7) is 3.40. The Balaban J connectivity index is 1.70. The van der Waals surface area contributed by atoms with Gasteiger partial charge < -0.3 is 10.0 Å². The van der Waals surface area contributed by atoms with Crippen LogP contribution in [0.1, 0.15) is 18.9 Å². The predicted molar refractivity (Wildman–Crippen MR) is 80.4 cm³/mol. The summed E-state index contributed by atoms with van der Waals surface area (Å²) in [6.07, 6.45) is 4.34. The molecule has 5 nitrogen and oxygen atoms in total. The first-order chi connectivity index (χ1) is 10.2. The number of nitrogens with zero attached hydrogens (tertiary/aromatic N) is 2. The molecule has 2 N–H and O–H groups in total. The highest BCUT2D eigenvalue weighted by atomic mass is 16.3. The lowest BCUT2D eigenvalue weighted by molar-refractivity contribution is 0.0511. The Morgan fingerprint density at radius 2 is 2.05 bits per heavy atom. The van der Waals surface area contributed by atoms with E-state index in [9.17, 15) is 9.90 Å². The molecule has 0 saturated carbocycles. The topological polar surface area (TPSA) is 61.3 Å². The number of aromatic hydroxyl groups is 1. The monoisotopic (exact) mass is 285 g/mol. The number of hydrogen-bond donors (Lipinski definition) is 2. The van der Waals surface area contributed by atoms with Gasteiger partial charge in [0.05, 0.1) is 11.6 Å². The largest absolute Gasteiger partial charge is 0.508 e. The molecule has 1 aromatic heterocycles. The van der Waals surface area contributed by atoms with Gasteiger partial charge in [-0.2, -0.15) is 0 Å². The standard InChI is InChI=1S/C16H19N3O2/c20-13-3-1-2-12(8-13)14-9-19(17-16(14)21)15-10-18-6-4-11(15)5-7-18/h1-3,8-9,11,15,20H,4-7,10H2,(H,17,21). The Morgan fingerprint density at radius 1 is 1.24 bits per heavy atom. The number of phenolic OH excluding ortho intramolecular Hbond substituents is 1. The van der Waals surface area contributed by atoms with Crippen LogP contribution in [0, 0.1) is 5.92 Å². The van der Waals surface area contributed by atoms with Crippen molar-refractivity contribution >= 4 is 0 Å². The van der Waals surface area contributed by atoms with Crippen LogP contribution in [0.5, 0.6) is 5.75 Å². The third-order valence-electron chi connectivity index (χ3n) is 4.88. The molecule has 0 aliphatic carbocycles. The Kier molecular flexibility index (Phi) is 2.89. The lowest BCUT2D eigenvalue weighted by atomic mass is 9.84. The Bertz CT molecular complexity index is 710. The fourth-order valence-electron chi connectivity index (χ4n) is 3.71. The van der Waals surface area contributed by atoms with E-state index in [0.29, 0.717) is 17.5 Å². The zero-order valence-electron chi connectivity index (χ0n) is 11.8. The van der Waals surface area contributed by atoms with Crippen LogP contribution >= 0.6 is 0 Å². The minimum absolute atomic E-state index is 0.0861. The molecule has 3 aliphatic heterocycles. The molecule has 1 atom stereocenters. The van der Waals surface area contributed by atoms with Gasteiger partial charge in [-0.05, 0) is 49.5 Å². The second-order valence-electron chi connectivity index (χ2n) is 6.15. The van der Waals surface area contributed by atoms with Gasteiger partial charge in [0.15, 0.2) is 0 Å². The first-order valence-electron chi connectivity index (χ1n) is 7.53. The number of piperidine rings is 3. The lowest BCUT2D eigenvalue weighted by Gasteiger charge is -2.44. The quantitative estimate of drug-likeness (QED) is 0.884. The maximum atomic E-state index is 12.2. The minimum atomic E-state index is -0.0861. The number of fused-ring (bicyclic) bond motifs is 3. The Hall–Kier alpha value is -2.01. The maximum absolute atomic E-state index is 12.2. The zero-order chi connectivity index (χ0) is 14.4. The van der Waals surface area contributed by atoms with Gasteiger partial charge in [0.2, 0.25) is 0 Å². The van der Waals surface area contributed by atoms with Gasteiger partial charge in [-0.3, -0.25) is 14.6 Å². The molecule has 0 amide bonds. The number of nitrogens with one attached hydrogen (secondary N) is 1. The Morgan fingerprint density at radius 3 is 2.71 bits per heavy atom. The van der Waals surface area contributed by atoms with Crippen LogP contribution in [-0.4, -0.2) is 39.4 Å². The summed E-state index contributed by atoms with van der Waals surface area (Å²) in [5.41, 5.74) is 1.30. The van der Waals surface area contributed by atoms with E-state index >= 15 is 0 Å². The van der Waals surface area contributed by atoms with Crippen LogP contribution < -0.4 is 5.56 Å². The first kappa shape index (κ1) is 12.7. The number of benzene rings is 1. The fraction of sp³-hybridized carbons (Fsp3) is 0.438. The number of aromatic amines is 1.